The fraction of sp³-hybridized carbons (Fsp3) is 1.00. The standard InChI is InChI=1S/C20H44O7P2.C5H12O4/c1-19(2)15-11-7-5-9-13-17-25-29(24,27-28(21,22)23)26-18-14-10-6-8-12-16-20(3)4;6-1-5(2-7,3-8)4-9/h19-20H,5-18H2,1-4H3,(H2,21,22,23);6-9H,1-4H2. The summed E-state index contributed by atoms with van der Waals surface area (Å²) in [5, 5.41) is 34.0. The molecule has 0 rings (SSSR count). The Morgan fingerprint density at radius 1 is 0.579 bits per heavy atom. The first-order valence-corrected chi connectivity index (χ1v) is 16.9. The smallest absolute Gasteiger partial charge is 0.396 e. The molecule has 0 unspecified atom stereocenters. The zero-order valence-corrected chi connectivity index (χ0v) is 25.8. The van der Waals surface area contributed by atoms with E-state index < -0.39 is 47.5 Å². The van der Waals surface area contributed by atoms with E-state index in [0.717, 1.165) is 38.5 Å². The lowest BCUT2D eigenvalue weighted by Gasteiger charge is -2.23. The molecule has 0 fully saturated rings. The molecule has 0 radical (unpaired) electrons. The Morgan fingerprint density at radius 2 is 0.895 bits per heavy atom. The highest BCUT2D eigenvalue weighted by atomic mass is 31.3. The molecule has 0 aliphatic rings. The van der Waals surface area contributed by atoms with Crippen molar-refractivity contribution >= 4 is 15.6 Å². The summed E-state index contributed by atoms with van der Waals surface area (Å²) < 4.78 is 38.2. The molecule has 0 heterocycles. The third kappa shape index (κ3) is 25.1. The van der Waals surface area contributed by atoms with E-state index in [1.165, 1.54) is 25.7 Å². The van der Waals surface area contributed by atoms with Gasteiger partial charge in [0.1, 0.15) is 0 Å². The van der Waals surface area contributed by atoms with Gasteiger partial charge in [0, 0.05) is 0 Å². The highest BCUT2D eigenvalue weighted by Crippen LogP contribution is 2.61. The van der Waals surface area contributed by atoms with Crippen LogP contribution in [0.25, 0.3) is 0 Å². The molecule has 0 aromatic rings. The Kier molecular flexibility index (Phi) is 25.2. The molecule has 232 valence electrons. The maximum atomic E-state index is 12.5. The minimum atomic E-state index is -4.96. The van der Waals surface area contributed by atoms with Gasteiger partial charge >= 0.3 is 15.6 Å². The van der Waals surface area contributed by atoms with Gasteiger partial charge < -0.3 is 30.2 Å². The average Bonchev–Trinajstić information content (AvgIpc) is 2.83. The number of phosphoric acid groups is 2. The number of rotatable bonds is 24. The lowest BCUT2D eigenvalue weighted by Crippen LogP contribution is -2.37. The normalized spacial score (nSPS) is 12.7. The molecular weight excluding hydrogens is 538 g/mol. The largest absolute Gasteiger partial charge is 0.483 e. The summed E-state index contributed by atoms with van der Waals surface area (Å²) in [6.45, 7) is 7.39. The van der Waals surface area contributed by atoms with Crippen molar-refractivity contribution < 1.29 is 52.7 Å². The van der Waals surface area contributed by atoms with Gasteiger partial charge in [0.15, 0.2) is 0 Å². The molecule has 6 N–H and O–H groups in total. The number of phosphoric ester groups is 1. The second-order valence-electron chi connectivity index (χ2n) is 10.7. The van der Waals surface area contributed by atoms with Crippen molar-refractivity contribution in [3.05, 3.63) is 0 Å². The molecule has 0 atom stereocenters. The van der Waals surface area contributed by atoms with E-state index in [1.807, 2.05) is 0 Å². The molecule has 0 aliphatic carbocycles. The first-order valence-electron chi connectivity index (χ1n) is 13.9. The first-order chi connectivity index (χ1) is 17.8. The highest BCUT2D eigenvalue weighted by molar-refractivity contribution is 7.61. The van der Waals surface area contributed by atoms with Crippen LogP contribution in [0.1, 0.15) is 105 Å². The summed E-state index contributed by atoms with van der Waals surface area (Å²) >= 11 is 0. The van der Waals surface area contributed by atoms with Crippen molar-refractivity contribution in [1.82, 2.24) is 0 Å². The van der Waals surface area contributed by atoms with Crippen LogP contribution < -0.4 is 0 Å². The van der Waals surface area contributed by atoms with Gasteiger partial charge in [-0.15, -0.1) is 0 Å². The molecular formula is C25H56O11P2. The van der Waals surface area contributed by atoms with Crippen LogP contribution in [0.3, 0.4) is 0 Å². The minimum absolute atomic E-state index is 0.0939. The number of aliphatic hydroxyl groups is 4. The maximum absolute atomic E-state index is 12.5. The summed E-state index contributed by atoms with van der Waals surface area (Å²) in [5.74, 6) is 1.43. The van der Waals surface area contributed by atoms with E-state index in [-0.39, 0.29) is 13.2 Å². The van der Waals surface area contributed by atoms with E-state index >= 15 is 0 Å². The van der Waals surface area contributed by atoms with Gasteiger partial charge in [0.05, 0.1) is 45.1 Å². The Morgan fingerprint density at radius 3 is 1.16 bits per heavy atom. The fourth-order valence-corrected chi connectivity index (χ4v) is 5.44. The maximum Gasteiger partial charge on any atom is 0.483 e. The topological polar surface area (TPSA) is 183 Å². The zero-order valence-electron chi connectivity index (χ0n) is 24.0. The van der Waals surface area contributed by atoms with Crippen LogP contribution in [0.5, 0.6) is 0 Å². The molecule has 0 saturated heterocycles. The molecule has 0 aromatic carbocycles. The van der Waals surface area contributed by atoms with E-state index in [1.54, 1.807) is 0 Å². The van der Waals surface area contributed by atoms with Crippen LogP contribution in [0.4, 0.5) is 0 Å². The second kappa shape index (κ2) is 23.8. The van der Waals surface area contributed by atoms with Crippen LogP contribution in [-0.4, -0.2) is 69.9 Å². The van der Waals surface area contributed by atoms with Crippen LogP contribution >= 0.6 is 15.6 Å². The van der Waals surface area contributed by atoms with Gasteiger partial charge in [-0.3, -0.25) is 9.05 Å². The summed E-state index contributed by atoms with van der Waals surface area (Å²) in [5.41, 5.74) is -1.11. The van der Waals surface area contributed by atoms with Crippen molar-refractivity contribution in [3.8, 4) is 0 Å². The van der Waals surface area contributed by atoms with Crippen LogP contribution in [-0.2, 0) is 22.5 Å². The van der Waals surface area contributed by atoms with Gasteiger partial charge in [-0.25, -0.2) is 9.13 Å². The lowest BCUT2D eigenvalue weighted by molar-refractivity contribution is -0.0328. The second-order valence-corrected chi connectivity index (χ2v) is 13.8. The molecule has 11 nitrogen and oxygen atoms in total. The molecule has 0 spiro atoms. The van der Waals surface area contributed by atoms with Crippen molar-refractivity contribution in [1.29, 1.82) is 0 Å². The van der Waals surface area contributed by atoms with Crippen molar-refractivity contribution in [3.63, 3.8) is 0 Å². The molecule has 0 amide bonds. The summed E-state index contributed by atoms with van der Waals surface area (Å²) in [4.78, 5) is 18.0. The quantitative estimate of drug-likeness (QED) is 0.0640. The van der Waals surface area contributed by atoms with Gasteiger partial charge in [0.25, 0.3) is 0 Å². The molecule has 0 aliphatic heterocycles. The van der Waals surface area contributed by atoms with Crippen LogP contribution in [0.15, 0.2) is 0 Å². The number of hydrogen-bond donors (Lipinski definition) is 6. The Hall–Kier alpha value is 0.100. The fourth-order valence-electron chi connectivity index (χ4n) is 3.24. The monoisotopic (exact) mass is 594 g/mol. The predicted octanol–water partition coefficient (Wildman–Crippen LogP) is 5.17. The third-order valence-electron chi connectivity index (χ3n) is 5.90. The zero-order chi connectivity index (χ0) is 29.5. The third-order valence-corrected chi connectivity index (χ3v) is 8.55. The van der Waals surface area contributed by atoms with Crippen LogP contribution in [0, 0.1) is 17.3 Å². The van der Waals surface area contributed by atoms with Crippen molar-refractivity contribution in [2.24, 2.45) is 17.3 Å². The molecule has 0 aromatic heterocycles. The molecule has 0 bridgehead atoms. The van der Waals surface area contributed by atoms with Gasteiger partial charge in [0.2, 0.25) is 0 Å². The van der Waals surface area contributed by atoms with E-state index in [2.05, 4.69) is 32.0 Å². The average molecular weight is 595 g/mol. The van der Waals surface area contributed by atoms with Crippen LogP contribution in [0.2, 0.25) is 0 Å². The highest BCUT2D eigenvalue weighted by Gasteiger charge is 2.35. The minimum Gasteiger partial charge on any atom is -0.396 e. The number of aliphatic hydroxyl groups excluding tert-OH is 4. The summed E-state index contributed by atoms with van der Waals surface area (Å²) in [7, 11) is -9.21. The predicted molar refractivity (Wildman–Crippen MR) is 148 cm³/mol. The Labute approximate surface area is 230 Å². The lowest BCUT2D eigenvalue weighted by atomic mass is 9.93. The Bertz CT molecular complexity index is 577. The van der Waals surface area contributed by atoms with Gasteiger partial charge in [-0.1, -0.05) is 91.9 Å². The Balaban J connectivity index is 0. The van der Waals surface area contributed by atoms with E-state index in [0.29, 0.717) is 24.7 Å². The number of hydrogen-bond acceptors (Lipinski definition) is 9. The van der Waals surface area contributed by atoms with Gasteiger partial charge in [-0.05, 0) is 24.7 Å². The summed E-state index contributed by atoms with van der Waals surface area (Å²) in [6.07, 6.45) is 12.3. The molecule has 0 saturated carbocycles. The summed E-state index contributed by atoms with van der Waals surface area (Å²) in [6, 6.07) is 0. The van der Waals surface area contributed by atoms with E-state index in [9.17, 15) is 9.13 Å². The molecule has 13 heteroatoms. The first kappa shape index (κ1) is 40.2. The number of unbranched alkanes of at least 4 members (excludes halogenated alkanes) is 8. The molecule has 38 heavy (non-hydrogen) atoms. The van der Waals surface area contributed by atoms with Crippen molar-refractivity contribution in [2.45, 2.75) is 105 Å². The van der Waals surface area contributed by atoms with Gasteiger partial charge in [-0.2, -0.15) is 4.31 Å². The van der Waals surface area contributed by atoms with Crippen molar-refractivity contribution in [2.75, 3.05) is 39.6 Å². The van der Waals surface area contributed by atoms with E-state index in [4.69, 9.17) is 39.3 Å². The SMILES string of the molecule is CC(C)CCCCCCCOP(=O)(OCCCCCCCC(C)C)OP(=O)(O)O.OCC(CO)(CO)CO.